The molecule has 1 aromatic heterocycles. The quantitative estimate of drug-likeness (QED) is 0.725. The van der Waals surface area contributed by atoms with Gasteiger partial charge in [-0.3, -0.25) is 0 Å². The molecule has 0 unspecified atom stereocenters. The molecule has 0 fully saturated rings. The molecule has 20 heavy (non-hydrogen) atoms. The summed E-state index contributed by atoms with van der Waals surface area (Å²) in [5, 5.41) is 12.5. The molecule has 0 N–H and O–H groups in total. The van der Waals surface area contributed by atoms with Crippen LogP contribution in [0.1, 0.15) is 5.56 Å². The molecule has 0 aliphatic carbocycles. The van der Waals surface area contributed by atoms with E-state index in [0.29, 0.717) is 12.4 Å². The number of nitrogens with zero attached hydrogens (tertiary/aromatic N) is 4. The van der Waals surface area contributed by atoms with Crippen molar-refractivity contribution in [2.45, 2.75) is 6.54 Å². The third-order valence-electron chi connectivity index (χ3n) is 2.86. The van der Waals surface area contributed by atoms with Crippen molar-refractivity contribution in [1.29, 1.82) is 0 Å². The van der Waals surface area contributed by atoms with Gasteiger partial charge in [0, 0.05) is 5.56 Å². The number of hydrogen-bond acceptors (Lipinski definition) is 3. The molecule has 2 aromatic carbocycles. The lowest BCUT2D eigenvalue weighted by atomic mass is 10.2. The van der Waals surface area contributed by atoms with E-state index in [9.17, 15) is 0 Å². The summed E-state index contributed by atoms with van der Waals surface area (Å²) in [5.41, 5.74) is 2.14. The minimum atomic E-state index is 0.606. The van der Waals surface area contributed by atoms with E-state index in [1.54, 1.807) is 4.80 Å². The fourth-order valence-electron chi connectivity index (χ4n) is 1.87. The molecule has 0 atom stereocenters. The lowest BCUT2D eigenvalue weighted by Gasteiger charge is -1.93. The van der Waals surface area contributed by atoms with E-state index < -0.39 is 0 Å². The van der Waals surface area contributed by atoms with Crippen LogP contribution in [0.4, 0.5) is 0 Å². The monoisotopic (exact) mass is 262 g/mol. The molecule has 1 heterocycles. The van der Waals surface area contributed by atoms with Gasteiger partial charge in [0.1, 0.15) is 0 Å². The standard InChI is InChI=1S/C16H14N4/c1-3-8-14(9-4-1)10-7-13-20-18-16(17-19-20)15-11-5-2-6-12-15/h1-12H,13H2/b10-7+. The molecule has 4 heteroatoms. The highest BCUT2D eigenvalue weighted by Gasteiger charge is 2.03. The normalized spacial score (nSPS) is 11.0. The summed E-state index contributed by atoms with van der Waals surface area (Å²) in [5.74, 6) is 0.652. The first-order valence-corrected chi connectivity index (χ1v) is 6.47. The molecule has 0 amide bonds. The number of allylic oxidation sites excluding steroid dienone is 1. The van der Waals surface area contributed by atoms with Gasteiger partial charge in [0.05, 0.1) is 6.54 Å². The molecule has 0 bridgehead atoms. The SMILES string of the molecule is C(=C\c1ccccc1)/Cn1nnc(-c2ccccc2)n1. The second kappa shape index (κ2) is 5.93. The Bertz CT molecular complexity index is 687. The minimum absolute atomic E-state index is 0.606. The van der Waals surface area contributed by atoms with Crippen molar-refractivity contribution in [1.82, 2.24) is 20.2 Å². The summed E-state index contributed by atoms with van der Waals surface area (Å²) in [4.78, 5) is 1.59. The Balaban J connectivity index is 1.68. The highest BCUT2D eigenvalue weighted by molar-refractivity contribution is 5.53. The first kappa shape index (κ1) is 12.3. The second-order valence-corrected chi connectivity index (χ2v) is 4.35. The van der Waals surface area contributed by atoms with Crippen molar-refractivity contribution in [2.24, 2.45) is 0 Å². The Morgan fingerprint density at radius 1 is 0.900 bits per heavy atom. The van der Waals surface area contributed by atoms with Gasteiger partial charge in [-0.2, -0.15) is 4.80 Å². The number of tetrazole rings is 1. The molecule has 4 nitrogen and oxygen atoms in total. The first-order valence-electron chi connectivity index (χ1n) is 6.47. The molecule has 3 aromatic rings. The van der Waals surface area contributed by atoms with Crippen LogP contribution in [0.15, 0.2) is 66.7 Å². The van der Waals surface area contributed by atoms with Gasteiger partial charge < -0.3 is 0 Å². The zero-order chi connectivity index (χ0) is 13.6. The van der Waals surface area contributed by atoms with E-state index in [1.165, 1.54) is 0 Å². The van der Waals surface area contributed by atoms with Crippen molar-refractivity contribution < 1.29 is 0 Å². The van der Waals surface area contributed by atoms with Gasteiger partial charge in [0.2, 0.25) is 5.82 Å². The molecule has 0 spiro atoms. The van der Waals surface area contributed by atoms with Crippen LogP contribution in [0.5, 0.6) is 0 Å². The van der Waals surface area contributed by atoms with Gasteiger partial charge in [-0.15, -0.1) is 10.2 Å². The second-order valence-electron chi connectivity index (χ2n) is 4.35. The average Bonchev–Trinajstić information content (AvgIpc) is 2.98. The minimum Gasteiger partial charge on any atom is -0.160 e. The third-order valence-corrected chi connectivity index (χ3v) is 2.86. The molecule has 0 saturated heterocycles. The highest BCUT2D eigenvalue weighted by atomic mass is 15.6. The van der Waals surface area contributed by atoms with Crippen molar-refractivity contribution >= 4 is 6.08 Å². The highest BCUT2D eigenvalue weighted by Crippen LogP contribution is 2.11. The number of aromatic nitrogens is 4. The number of benzene rings is 2. The van der Waals surface area contributed by atoms with Crippen molar-refractivity contribution in [3.8, 4) is 11.4 Å². The Morgan fingerprint density at radius 2 is 1.60 bits per heavy atom. The summed E-state index contributed by atoms with van der Waals surface area (Å²) in [6.45, 7) is 0.606. The Kier molecular flexibility index (Phi) is 3.64. The molecule has 0 saturated carbocycles. The first-order chi connectivity index (χ1) is 9.92. The van der Waals surface area contributed by atoms with E-state index in [1.807, 2.05) is 60.7 Å². The molecule has 0 radical (unpaired) electrons. The van der Waals surface area contributed by atoms with Gasteiger partial charge >= 0.3 is 0 Å². The van der Waals surface area contributed by atoms with Crippen molar-refractivity contribution in [3.63, 3.8) is 0 Å². The largest absolute Gasteiger partial charge is 0.204 e. The Labute approximate surface area is 117 Å². The van der Waals surface area contributed by atoms with Gasteiger partial charge in [-0.05, 0) is 10.8 Å². The Hall–Kier alpha value is -2.75. The molecular formula is C16H14N4. The van der Waals surface area contributed by atoms with Gasteiger partial charge in [0.15, 0.2) is 0 Å². The third kappa shape index (κ3) is 2.98. The van der Waals surface area contributed by atoms with E-state index in [0.717, 1.165) is 11.1 Å². The van der Waals surface area contributed by atoms with Crippen LogP contribution in [0, 0.1) is 0 Å². The Morgan fingerprint density at radius 3 is 2.35 bits per heavy atom. The van der Waals surface area contributed by atoms with E-state index in [4.69, 9.17) is 0 Å². The van der Waals surface area contributed by atoms with Crippen LogP contribution in [0.2, 0.25) is 0 Å². The molecule has 0 aliphatic rings. The van der Waals surface area contributed by atoms with Crippen molar-refractivity contribution in [2.75, 3.05) is 0 Å². The van der Waals surface area contributed by atoms with Crippen LogP contribution < -0.4 is 0 Å². The number of hydrogen-bond donors (Lipinski definition) is 0. The maximum atomic E-state index is 4.35. The van der Waals surface area contributed by atoms with Gasteiger partial charge in [0.25, 0.3) is 0 Å². The van der Waals surface area contributed by atoms with Crippen LogP contribution >= 0.6 is 0 Å². The lowest BCUT2D eigenvalue weighted by molar-refractivity contribution is 0.583. The van der Waals surface area contributed by atoms with Crippen LogP contribution in [0.3, 0.4) is 0 Å². The van der Waals surface area contributed by atoms with E-state index >= 15 is 0 Å². The molecule has 3 rings (SSSR count). The smallest absolute Gasteiger partial charge is 0.160 e. The predicted molar refractivity (Wildman–Crippen MR) is 78.7 cm³/mol. The predicted octanol–water partition coefficient (Wildman–Crippen LogP) is 3.05. The number of rotatable bonds is 4. The zero-order valence-electron chi connectivity index (χ0n) is 10.9. The summed E-state index contributed by atoms with van der Waals surface area (Å²) >= 11 is 0. The van der Waals surface area contributed by atoms with Crippen molar-refractivity contribution in [3.05, 3.63) is 72.3 Å². The average molecular weight is 262 g/mol. The maximum Gasteiger partial charge on any atom is 0.204 e. The summed E-state index contributed by atoms with van der Waals surface area (Å²) in [6, 6.07) is 20.0. The summed E-state index contributed by atoms with van der Waals surface area (Å²) in [6.07, 6.45) is 4.07. The molecule has 0 aliphatic heterocycles. The summed E-state index contributed by atoms with van der Waals surface area (Å²) < 4.78 is 0. The topological polar surface area (TPSA) is 43.6 Å². The van der Waals surface area contributed by atoms with Gasteiger partial charge in [-0.1, -0.05) is 72.8 Å². The van der Waals surface area contributed by atoms with Crippen LogP contribution in [-0.4, -0.2) is 20.2 Å². The van der Waals surface area contributed by atoms with Crippen LogP contribution in [-0.2, 0) is 6.54 Å². The van der Waals surface area contributed by atoms with Gasteiger partial charge in [-0.25, -0.2) is 0 Å². The van der Waals surface area contributed by atoms with E-state index in [2.05, 4.69) is 27.5 Å². The fourth-order valence-corrected chi connectivity index (χ4v) is 1.87. The lowest BCUT2D eigenvalue weighted by Crippen LogP contribution is -1.99. The summed E-state index contributed by atoms with van der Waals surface area (Å²) in [7, 11) is 0. The molecule has 98 valence electrons. The fraction of sp³-hybridized carbons (Fsp3) is 0.0625. The maximum absolute atomic E-state index is 4.35. The zero-order valence-corrected chi connectivity index (χ0v) is 10.9. The van der Waals surface area contributed by atoms with Crippen LogP contribution in [0.25, 0.3) is 17.5 Å². The molecular weight excluding hydrogens is 248 g/mol. The van der Waals surface area contributed by atoms with E-state index in [-0.39, 0.29) is 0 Å².